The SMILES string of the molecule is O=C[C@H](Cc1ccccc1)NC(=O)C1CCCCCCCCCCCC(=O)c2cncc(n2)C(=O)N1. The van der Waals surface area contributed by atoms with Crippen molar-refractivity contribution in [2.75, 3.05) is 0 Å². The molecule has 8 heteroatoms. The zero-order valence-electron chi connectivity index (χ0n) is 20.8. The number of hydrogen-bond donors (Lipinski definition) is 2. The van der Waals surface area contributed by atoms with Crippen LogP contribution in [0.3, 0.4) is 0 Å². The second kappa shape index (κ2) is 14.9. The predicted molar refractivity (Wildman–Crippen MR) is 137 cm³/mol. The van der Waals surface area contributed by atoms with Gasteiger partial charge >= 0.3 is 0 Å². The molecule has 0 spiro atoms. The standard InChI is InChI=1S/C28H36N4O4/c33-20-22(17-21-13-9-8-10-14-21)30-27(35)23-15-11-6-4-2-1-3-5-7-12-16-26(34)24-18-29-19-25(31-24)28(36)32-23/h8-10,13-14,18-20,22-23H,1-7,11-12,15-17H2,(H,30,35)(H,32,36)/t22-,23?/m0/s1. The van der Waals surface area contributed by atoms with Gasteiger partial charge < -0.3 is 15.4 Å². The number of hydrogen-bond acceptors (Lipinski definition) is 6. The molecule has 3 rings (SSSR count). The molecular weight excluding hydrogens is 456 g/mol. The highest BCUT2D eigenvalue weighted by Crippen LogP contribution is 2.14. The van der Waals surface area contributed by atoms with Crippen molar-refractivity contribution < 1.29 is 19.2 Å². The van der Waals surface area contributed by atoms with E-state index in [1.54, 1.807) is 0 Å². The smallest absolute Gasteiger partial charge is 0.272 e. The number of carbonyl (C=O) groups excluding carboxylic acids is 4. The minimum atomic E-state index is -0.823. The van der Waals surface area contributed by atoms with E-state index in [0.29, 0.717) is 25.5 Å². The summed E-state index contributed by atoms with van der Waals surface area (Å²) in [6.45, 7) is 0. The number of rotatable bonds is 5. The van der Waals surface area contributed by atoms with Crippen LogP contribution in [0.25, 0.3) is 0 Å². The molecule has 1 aromatic carbocycles. The van der Waals surface area contributed by atoms with E-state index in [0.717, 1.165) is 63.4 Å². The Bertz CT molecular complexity index is 1010. The summed E-state index contributed by atoms with van der Waals surface area (Å²) in [7, 11) is 0. The first-order chi connectivity index (χ1) is 17.6. The molecule has 0 fully saturated rings. The van der Waals surface area contributed by atoms with Crippen LogP contribution < -0.4 is 10.6 Å². The zero-order chi connectivity index (χ0) is 25.6. The minimum Gasteiger partial charge on any atom is -0.344 e. The molecule has 192 valence electrons. The first-order valence-electron chi connectivity index (χ1n) is 13.0. The van der Waals surface area contributed by atoms with Crippen molar-refractivity contribution in [1.82, 2.24) is 20.6 Å². The van der Waals surface area contributed by atoms with Crippen LogP contribution in [0, 0.1) is 0 Å². The predicted octanol–water partition coefficient (Wildman–Crippen LogP) is 3.99. The van der Waals surface area contributed by atoms with Crippen LogP contribution in [0.15, 0.2) is 42.7 Å². The third-order valence-corrected chi connectivity index (χ3v) is 6.46. The maximum absolute atomic E-state index is 13.1. The molecule has 2 N–H and O–H groups in total. The van der Waals surface area contributed by atoms with Gasteiger partial charge in [-0.05, 0) is 24.8 Å². The van der Waals surface area contributed by atoms with Gasteiger partial charge in [0.05, 0.1) is 18.4 Å². The van der Waals surface area contributed by atoms with E-state index in [9.17, 15) is 19.2 Å². The number of aldehydes is 1. The topological polar surface area (TPSA) is 118 Å². The Labute approximate surface area is 212 Å². The first kappa shape index (κ1) is 27.2. The molecule has 2 atom stereocenters. The summed E-state index contributed by atoms with van der Waals surface area (Å²) < 4.78 is 0. The van der Waals surface area contributed by atoms with E-state index in [2.05, 4.69) is 20.6 Å². The van der Waals surface area contributed by atoms with Gasteiger partial charge in [0.2, 0.25) is 5.91 Å². The van der Waals surface area contributed by atoms with Crippen molar-refractivity contribution in [1.29, 1.82) is 0 Å². The molecule has 1 unspecified atom stereocenters. The number of Topliss-reactive ketones (excluding diaryl/α,β-unsaturated/α-hetero) is 1. The molecule has 0 saturated carbocycles. The number of benzene rings is 1. The summed E-state index contributed by atoms with van der Waals surface area (Å²) in [6, 6.07) is 7.92. The largest absolute Gasteiger partial charge is 0.344 e. The highest BCUT2D eigenvalue weighted by Gasteiger charge is 2.25. The molecule has 0 saturated heterocycles. The van der Waals surface area contributed by atoms with E-state index in [1.165, 1.54) is 12.4 Å². The molecule has 2 aromatic rings. The number of ketones is 1. The quantitative estimate of drug-likeness (QED) is 0.610. The van der Waals surface area contributed by atoms with Crippen molar-refractivity contribution in [3.8, 4) is 0 Å². The Kier molecular flexibility index (Phi) is 11.2. The fourth-order valence-electron chi connectivity index (χ4n) is 4.39. The van der Waals surface area contributed by atoms with E-state index in [1.807, 2.05) is 30.3 Å². The lowest BCUT2D eigenvalue weighted by molar-refractivity contribution is -0.125. The molecule has 2 heterocycles. The molecule has 2 bridgehead atoms. The summed E-state index contributed by atoms with van der Waals surface area (Å²) >= 11 is 0. The average Bonchev–Trinajstić information content (AvgIpc) is 2.90. The summed E-state index contributed by atoms with van der Waals surface area (Å²) in [5, 5.41) is 5.53. The molecule has 0 aliphatic carbocycles. The minimum absolute atomic E-state index is 0.00371. The molecule has 36 heavy (non-hydrogen) atoms. The van der Waals surface area contributed by atoms with Crippen LogP contribution in [0.1, 0.15) is 97.2 Å². The number of amides is 2. The maximum atomic E-state index is 13.1. The molecule has 2 amide bonds. The number of carbonyl (C=O) groups is 4. The molecule has 1 aliphatic rings. The van der Waals surface area contributed by atoms with Gasteiger partial charge in [0.1, 0.15) is 23.7 Å². The number of fused-ring (bicyclic) bond motifs is 2. The second-order valence-corrected chi connectivity index (χ2v) is 9.40. The Morgan fingerprint density at radius 1 is 0.944 bits per heavy atom. The van der Waals surface area contributed by atoms with Crippen molar-refractivity contribution in [3.05, 3.63) is 59.7 Å². The molecule has 1 aliphatic heterocycles. The van der Waals surface area contributed by atoms with Crippen LogP contribution in [0.4, 0.5) is 0 Å². The number of nitrogens with one attached hydrogen (secondary N) is 2. The average molecular weight is 493 g/mol. The van der Waals surface area contributed by atoms with E-state index in [-0.39, 0.29) is 17.2 Å². The van der Waals surface area contributed by atoms with Crippen molar-refractivity contribution in [2.45, 2.75) is 89.1 Å². The van der Waals surface area contributed by atoms with Crippen LogP contribution in [-0.4, -0.2) is 45.9 Å². The van der Waals surface area contributed by atoms with Crippen LogP contribution in [0.5, 0.6) is 0 Å². The molecule has 8 nitrogen and oxygen atoms in total. The highest BCUT2D eigenvalue weighted by molar-refractivity contribution is 5.98. The molecule has 0 radical (unpaired) electrons. The van der Waals surface area contributed by atoms with Crippen molar-refractivity contribution in [3.63, 3.8) is 0 Å². The fraction of sp³-hybridized carbons (Fsp3) is 0.500. The zero-order valence-corrected chi connectivity index (χ0v) is 20.8. The Morgan fingerprint density at radius 3 is 2.28 bits per heavy atom. The second-order valence-electron chi connectivity index (χ2n) is 9.40. The Morgan fingerprint density at radius 2 is 1.58 bits per heavy atom. The van der Waals surface area contributed by atoms with Gasteiger partial charge in [0, 0.05) is 6.42 Å². The lowest BCUT2D eigenvalue weighted by atomic mass is 10.0. The lowest BCUT2D eigenvalue weighted by Crippen LogP contribution is -2.50. The Balaban J connectivity index is 1.72. The normalized spacial score (nSPS) is 19.3. The fourth-order valence-corrected chi connectivity index (χ4v) is 4.39. The van der Waals surface area contributed by atoms with Gasteiger partial charge in [0.15, 0.2) is 5.78 Å². The van der Waals surface area contributed by atoms with Crippen LogP contribution in [-0.2, 0) is 16.0 Å². The van der Waals surface area contributed by atoms with E-state index >= 15 is 0 Å². The monoisotopic (exact) mass is 492 g/mol. The summed E-state index contributed by atoms with van der Waals surface area (Å²) in [6.07, 6.45) is 13.7. The highest BCUT2D eigenvalue weighted by atomic mass is 16.2. The van der Waals surface area contributed by atoms with Gasteiger partial charge in [0.25, 0.3) is 5.91 Å². The van der Waals surface area contributed by atoms with Crippen molar-refractivity contribution >= 4 is 23.9 Å². The lowest BCUT2D eigenvalue weighted by Gasteiger charge is -2.21. The molecular formula is C28H36N4O4. The van der Waals surface area contributed by atoms with Gasteiger partial charge in [-0.15, -0.1) is 0 Å². The van der Waals surface area contributed by atoms with E-state index < -0.39 is 23.9 Å². The first-order valence-corrected chi connectivity index (χ1v) is 13.0. The van der Waals surface area contributed by atoms with Crippen LogP contribution in [0.2, 0.25) is 0 Å². The third-order valence-electron chi connectivity index (χ3n) is 6.46. The van der Waals surface area contributed by atoms with Crippen LogP contribution >= 0.6 is 0 Å². The third kappa shape index (κ3) is 8.98. The summed E-state index contributed by atoms with van der Waals surface area (Å²) in [5.41, 5.74) is 1.09. The maximum Gasteiger partial charge on any atom is 0.272 e. The summed E-state index contributed by atoms with van der Waals surface area (Å²) in [5.74, 6) is -1.11. The molecule has 1 aromatic heterocycles. The van der Waals surface area contributed by atoms with E-state index in [4.69, 9.17) is 0 Å². The van der Waals surface area contributed by atoms with Crippen molar-refractivity contribution in [2.24, 2.45) is 0 Å². The van der Waals surface area contributed by atoms with Gasteiger partial charge in [-0.3, -0.25) is 19.4 Å². The van der Waals surface area contributed by atoms with Gasteiger partial charge in [-0.25, -0.2) is 4.98 Å². The number of nitrogens with zero attached hydrogens (tertiary/aromatic N) is 2. The van der Waals surface area contributed by atoms with Gasteiger partial charge in [-0.1, -0.05) is 81.7 Å². The number of aromatic nitrogens is 2. The Hall–Kier alpha value is -3.42. The summed E-state index contributed by atoms with van der Waals surface area (Å²) in [4.78, 5) is 58.5. The van der Waals surface area contributed by atoms with Gasteiger partial charge in [-0.2, -0.15) is 0 Å².